The Bertz CT molecular complexity index is 216. The Labute approximate surface area is 81.4 Å². The Hall–Kier alpha value is -1.04. The van der Waals surface area contributed by atoms with Gasteiger partial charge in [-0.1, -0.05) is 48.6 Å². The zero-order chi connectivity index (χ0) is 9.19. The van der Waals surface area contributed by atoms with Crippen molar-refractivity contribution in [3.05, 3.63) is 48.6 Å². The third-order valence-corrected chi connectivity index (χ3v) is 1.99. The van der Waals surface area contributed by atoms with Crippen molar-refractivity contribution in [3.63, 3.8) is 0 Å². The third-order valence-electron chi connectivity index (χ3n) is 1.99. The second-order valence-electron chi connectivity index (χ2n) is 3.19. The van der Waals surface area contributed by atoms with Crippen LogP contribution in [0.5, 0.6) is 0 Å². The van der Waals surface area contributed by atoms with Gasteiger partial charge in [-0.05, 0) is 32.1 Å². The molecule has 0 saturated heterocycles. The standard InChI is InChI=1S/C13H18/c1-2-4-6-8-10-12-13-11-9-7-5-3-1/h1-4,7,9-10,12H,5-6,8,11,13H2/b3-1+,4-2+,9-7-,12-10?. The highest BCUT2D eigenvalue weighted by atomic mass is 13.9. The predicted molar refractivity (Wildman–Crippen MR) is 59.6 cm³/mol. The highest BCUT2D eigenvalue weighted by Crippen LogP contribution is 2.00. The Morgan fingerprint density at radius 1 is 0.462 bits per heavy atom. The van der Waals surface area contributed by atoms with Gasteiger partial charge in [-0.2, -0.15) is 0 Å². The molecule has 0 aliphatic heterocycles. The van der Waals surface area contributed by atoms with E-state index in [0.717, 1.165) is 12.8 Å². The second kappa shape index (κ2) is 7.60. The van der Waals surface area contributed by atoms with Gasteiger partial charge >= 0.3 is 0 Å². The van der Waals surface area contributed by atoms with E-state index in [1.165, 1.54) is 19.3 Å². The number of rotatable bonds is 0. The lowest BCUT2D eigenvalue weighted by atomic mass is 10.2. The monoisotopic (exact) mass is 174 g/mol. The molecule has 1 aliphatic carbocycles. The van der Waals surface area contributed by atoms with Crippen LogP contribution >= 0.6 is 0 Å². The molecule has 0 nitrogen and oxygen atoms in total. The van der Waals surface area contributed by atoms with Gasteiger partial charge in [0.1, 0.15) is 0 Å². The molecule has 0 aromatic heterocycles. The van der Waals surface area contributed by atoms with Crippen molar-refractivity contribution < 1.29 is 0 Å². The Morgan fingerprint density at radius 3 is 1.77 bits per heavy atom. The molecule has 0 heterocycles. The number of hydrogen-bond donors (Lipinski definition) is 0. The van der Waals surface area contributed by atoms with Gasteiger partial charge in [0.2, 0.25) is 0 Å². The molecule has 1 aliphatic rings. The lowest BCUT2D eigenvalue weighted by Crippen LogP contribution is -1.66. The van der Waals surface area contributed by atoms with Gasteiger partial charge < -0.3 is 0 Å². The summed E-state index contributed by atoms with van der Waals surface area (Å²) in [6.07, 6.45) is 23.5. The summed E-state index contributed by atoms with van der Waals surface area (Å²) < 4.78 is 0. The molecule has 1 rings (SSSR count). The maximum atomic E-state index is 2.28. The van der Waals surface area contributed by atoms with Crippen molar-refractivity contribution in [1.82, 2.24) is 0 Å². The number of hydrogen-bond acceptors (Lipinski definition) is 0. The van der Waals surface area contributed by atoms with Crippen LogP contribution in [-0.2, 0) is 0 Å². The van der Waals surface area contributed by atoms with Crippen molar-refractivity contribution in [2.45, 2.75) is 32.1 Å². The lowest BCUT2D eigenvalue weighted by Gasteiger charge is -1.87. The van der Waals surface area contributed by atoms with E-state index in [0.29, 0.717) is 0 Å². The van der Waals surface area contributed by atoms with E-state index < -0.39 is 0 Å². The quantitative estimate of drug-likeness (QED) is 0.483. The lowest BCUT2D eigenvalue weighted by molar-refractivity contribution is 1.00. The molecule has 0 N–H and O–H groups in total. The molecule has 0 atom stereocenters. The molecule has 0 aromatic rings. The van der Waals surface area contributed by atoms with Crippen LogP contribution in [0.15, 0.2) is 48.6 Å². The summed E-state index contributed by atoms with van der Waals surface area (Å²) in [5.41, 5.74) is 0. The third kappa shape index (κ3) is 6.15. The molecular weight excluding hydrogens is 156 g/mol. The molecule has 0 saturated carbocycles. The molecule has 0 spiro atoms. The summed E-state index contributed by atoms with van der Waals surface area (Å²) in [4.78, 5) is 0. The predicted octanol–water partition coefficient (Wildman–Crippen LogP) is 4.18. The first-order valence-electron chi connectivity index (χ1n) is 5.12. The van der Waals surface area contributed by atoms with E-state index in [-0.39, 0.29) is 0 Å². The van der Waals surface area contributed by atoms with Gasteiger partial charge in [-0.3, -0.25) is 0 Å². The van der Waals surface area contributed by atoms with E-state index >= 15 is 0 Å². The Morgan fingerprint density at radius 2 is 1.00 bits per heavy atom. The van der Waals surface area contributed by atoms with E-state index in [4.69, 9.17) is 0 Å². The van der Waals surface area contributed by atoms with Gasteiger partial charge in [-0.25, -0.2) is 0 Å². The van der Waals surface area contributed by atoms with Crippen LogP contribution in [-0.4, -0.2) is 0 Å². The fraction of sp³-hybridized carbons (Fsp3) is 0.385. The van der Waals surface area contributed by atoms with E-state index in [2.05, 4.69) is 48.6 Å². The highest BCUT2D eigenvalue weighted by molar-refractivity contribution is 5.05. The molecular formula is C13H18. The van der Waals surface area contributed by atoms with Crippen molar-refractivity contribution in [2.75, 3.05) is 0 Å². The summed E-state index contributed by atoms with van der Waals surface area (Å²) in [7, 11) is 0. The summed E-state index contributed by atoms with van der Waals surface area (Å²) >= 11 is 0. The van der Waals surface area contributed by atoms with Gasteiger partial charge in [-0.15, -0.1) is 0 Å². The van der Waals surface area contributed by atoms with Gasteiger partial charge in [0, 0.05) is 0 Å². The Balaban J connectivity index is 2.38. The smallest absolute Gasteiger partial charge is 0.0166 e. The van der Waals surface area contributed by atoms with Crippen molar-refractivity contribution >= 4 is 0 Å². The summed E-state index contributed by atoms with van der Waals surface area (Å²) in [5.74, 6) is 0. The fourth-order valence-electron chi connectivity index (χ4n) is 1.25. The molecule has 0 heteroatoms. The molecule has 13 heavy (non-hydrogen) atoms. The summed E-state index contributed by atoms with van der Waals surface area (Å²) in [6, 6.07) is 0. The van der Waals surface area contributed by atoms with Crippen LogP contribution in [0.4, 0.5) is 0 Å². The molecule has 0 amide bonds. The zero-order valence-corrected chi connectivity index (χ0v) is 8.15. The van der Waals surface area contributed by atoms with Crippen molar-refractivity contribution in [1.29, 1.82) is 0 Å². The summed E-state index contributed by atoms with van der Waals surface area (Å²) in [5, 5.41) is 0. The number of allylic oxidation sites excluding steroid dienone is 8. The first kappa shape index (κ1) is 10.0. The molecule has 0 bridgehead atoms. The zero-order valence-electron chi connectivity index (χ0n) is 8.15. The second-order valence-corrected chi connectivity index (χ2v) is 3.19. The first-order valence-corrected chi connectivity index (χ1v) is 5.12. The normalized spacial score (nSPS) is 26.5. The maximum Gasteiger partial charge on any atom is -0.0166 e. The molecule has 0 fully saturated rings. The largest absolute Gasteiger partial charge is 0.0882 e. The van der Waals surface area contributed by atoms with Crippen molar-refractivity contribution in [2.24, 2.45) is 0 Å². The summed E-state index contributed by atoms with van der Waals surface area (Å²) in [6.45, 7) is 0. The van der Waals surface area contributed by atoms with Gasteiger partial charge in [0.05, 0.1) is 0 Å². The minimum Gasteiger partial charge on any atom is -0.0882 e. The van der Waals surface area contributed by atoms with Crippen LogP contribution in [0.25, 0.3) is 0 Å². The average molecular weight is 174 g/mol. The fourth-order valence-corrected chi connectivity index (χ4v) is 1.25. The van der Waals surface area contributed by atoms with Gasteiger partial charge in [0.25, 0.3) is 0 Å². The SMILES string of the molecule is C1=CCC/C=C/C=C/C/C=C\CC1. The van der Waals surface area contributed by atoms with Crippen LogP contribution in [0, 0.1) is 0 Å². The van der Waals surface area contributed by atoms with Crippen LogP contribution in [0.1, 0.15) is 32.1 Å². The van der Waals surface area contributed by atoms with E-state index in [1.807, 2.05) is 0 Å². The topological polar surface area (TPSA) is 0 Å². The van der Waals surface area contributed by atoms with E-state index in [1.54, 1.807) is 0 Å². The highest BCUT2D eigenvalue weighted by Gasteiger charge is 1.79. The van der Waals surface area contributed by atoms with Crippen LogP contribution in [0.2, 0.25) is 0 Å². The molecule has 70 valence electrons. The Kier molecular flexibility index (Phi) is 5.87. The minimum atomic E-state index is 1.06. The van der Waals surface area contributed by atoms with Crippen LogP contribution in [0.3, 0.4) is 0 Å². The first-order chi connectivity index (χ1) is 6.50. The molecule has 0 unspecified atom stereocenters. The van der Waals surface area contributed by atoms with Gasteiger partial charge in [0.15, 0.2) is 0 Å². The van der Waals surface area contributed by atoms with Crippen LogP contribution < -0.4 is 0 Å². The minimum absolute atomic E-state index is 1.06. The maximum absolute atomic E-state index is 2.28. The average Bonchev–Trinajstić information content (AvgIpc) is 2.18. The van der Waals surface area contributed by atoms with Crippen molar-refractivity contribution in [3.8, 4) is 0 Å². The molecule has 0 aromatic carbocycles. The van der Waals surface area contributed by atoms with E-state index in [9.17, 15) is 0 Å². The molecule has 0 radical (unpaired) electrons.